The quantitative estimate of drug-likeness (QED) is 0.774. The molecule has 1 heterocycles. The lowest BCUT2D eigenvalue weighted by Crippen LogP contribution is -2.55. The van der Waals surface area contributed by atoms with Gasteiger partial charge in [0.15, 0.2) is 0 Å². The van der Waals surface area contributed by atoms with Gasteiger partial charge in [-0.3, -0.25) is 0 Å². The molecule has 2 aromatic carbocycles. The first-order valence-corrected chi connectivity index (χ1v) is 10.4. The first-order chi connectivity index (χ1) is 11.0. The van der Waals surface area contributed by atoms with Gasteiger partial charge in [0.1, 0.15) is 5.75 Å². The van der Waals surface area contributed by atoms with Crippen molar-refractivity contribution in [3.63, 3.8) is 0 Å². The van der Waals surface area contributed by atoms with Gasteiger partial charge in [0, 0.05) is 0 Å². The number of methoxy groups -OCH3 is 1. The molecule has 0 fully saturated rings. The summed E-state index contributed by atoms with van der Waals surface area (Å²) < 4.78 is 12.0. The minimum Gasteiger partial charge on any atom is -0.497 e. The largest absolute Gasteiger partial charge is 0.497 e. The first-order valence-electron chi connectivity index (χ1n) is 8.31. The number of aryl methyl sites for hydroxylation is 1. The Kier molecular flexibility index (Phi) is 4.34. The Labute approximate surface area is 140 Å². The lowest BCUT2D eigenvalue weighted by Gasteiger charge is -2.40. The van der Waals surface area contributed by atoms with Crippen LogP contribution in [0.4, 0.5) is 0 Å². The van der Waals surface area contributed by atoms with Crippen LogP contribution in [-0.4, -0.2) is 15.4 Å². The summed E-state index contributed by atoms with van der Waals surface area (Å²) in [6.45, 7) is 7.71. The molecule has 0 aromatic heterocycles. The van der Waals surface area contributed by atoms with Crippen LogP contribution in [0.15, 0.2) is 48.5 Å². The van der Waals surface area contributed by atoms with Gasteiger partial charge in [-0.1, -0.05) is 57.2 Å². The summed E-state index contributed by atoms with van der Waals surface area (Å²) >= 11 is 0. The van der Waals surface area contributed by atoms with E-state index >= 15 is 0 Å². The summed E-state index contributed by atoms with van der Waals surface area (Å²) in [4.78, 5) is 0. The van der Waals surface area contributed by atoms with Crippen LogP contribution >= 0.6 is 0 Å². The fourth-order valence-corrected chi connectivity index (χ4v) is 8.34. The molecule has 2 aromatic rings. The maximum Gasteiger partial charge on any atom is 0.230 e. The zero-order chi connectivity index (χ0) is 16.5. The van der Waals surface area contributed by atoms with E-state index in [1.807, 2.05) is 12.1 Å². The molecule has 1 atom stereocenters. The van der Waals surface area contributed by atoms with Crippen molar-refractivity contribution in [2.45, 2.75) is 44.9 Å². The summed E-state index contributed by atoms with van der Waals surface area (Å²) in [5.41, 5.74) is 2.70. The highest BCUT2D eigenvalue weighted by Crippen LogP contribution is 2.44. The molecule has 2 nitrogen and oxygen atoms in total. The van der Waals surface area contributed by atoms with Gasteiger partial charge < -0.3 is 9.16 Å². The van der Waals surface area contributed by atoms with E-state index in [9.17, 15) is 0 Å². The van der Waals surface area contributed by atoms with Crippen molar-refractivity contribution >= 4 is 13.5 Å². The monoisotopic (exact) mass is 326 g/mol. The molecule has 0 spiro atoms. The maximum atomic E-state index is 6.74. The molecule has 3 heteroatoms. The van der Waals surface area contributed by atoms with Gasteiger partial charge in [0.2, 0.25) is 8.32 Å². The second-order valence-corrected chi connectivity index (χ2v) is 11.9. The lowest BCUT2D eigenvalue weighted by molar-refractivity contribution is 0.278. The van der Waals surface area contributed by atoms with E-state index < -0.39 is 8.32 Å². The van der Waals surface area contributed by atoms with Gasteiger partial charge in [-0.25, -0.2) is 0 Å². The van der Waals surface area contributed by atoms with Gasteiger partial charge in [-0.2, -0.15) is 0 Å². The van der Waals surface area contributed by atoms with E-state index in [2.05, 4.69) is 57.2 Å². The van der Waals surface area contributed by atoms with Crippen molar-refractivity contribution in [2.24, 2.45) is 0 Å². The van der Waals surface area contributed by atoms with Crippen LogP contribution in [0.25, 0.3) is 0 Å². The molecule has 0 bridgehead atoms. The van der Waals surface area contributed by atoms with Crippen LogP contribution in [-0.2, 0) is 17.5 Å². The normalized spacial score (nSPS) is 20.3. The predicted octanol–water partition coefficient (Wildman–Crippen LogP) is 4.42. The lowest BCUT2D eigenvalue weighted by atomic mass is 10.2. The van der Waals surface area contributed by atoms with Crippen LogP contribution in [0.5, 0.6) is 5.75 Å². The zero-order valence-corrected chi connectivity index (χ0v) is 15.6. The Balaban J connectivity index is 1.87. The summed E-state index contributed by atoms with van der Waals surface area (Å²) in [5, 5.41) is 1.69. The van der Waals surface area contributed by atoms with E-state index in [-0.39, 0.29) is 5.04 Å². The summed E-state index contributed by atoms with van der Waals surface area (Å²) in [7, 11) is -0.294. The minimum atomic E-state index is -1.99. The molecule has 3 rings (SSSR count). The Morgan fingerprint density at radius 3 is 2.35 bits per heavy atom. The topological polar surface area (TPSA) is 18.5 Å². The number of hydrogen-bond acceptors (Lipinski definition) is 2. The highest BCUT2D eigenvalue weighted by Gasteiger charge is 2.51. The van der Waals surface area contributed by atoms with Crippen LogP contribution < -0.4 is 9.92 Å². The molecule has 0 saturated carbocycles. The molecule has 0 amide bonds. The second kappa shape index (κ2) is 6.14. The van der Waals surface area contributed by atoms with Gasteiger partial charge >= 0.3 is 0 Å². The molecule has 0 N–H and O–H groups in total. The summed E-state index contributed by atoms with van der Waals surface area (Å²) in [5.74, 6) is 0.891. The number of benzene rings is 2. The maximum absolute atomic E-state index is 6.74. The van der Waals surface area contributed by atoms with Crippen molar-refractivity contribution in [1.29, 1.82) is 0 Å². The van der Waals surface area contributed by atoms with Crippen LogP contribution in [0, 0.1) is 0 Å². The molecule has 23 heavy (non-hydrogen) atoms. The van der Waals surface area contributed by atoms with Crippen molar-refractivity contribution < 1.29 is 9.16 Å². The standard InChI is InChI=1S/C20H26O2Si/c1-20(2,3)23(14-13-17-7-5-6-8-19(17)23)22-15-16-9-11-18(21-4)12-10-16/h5-12H,13-15H2,1-4H3/t23-/m1/s1. The van der Waals surface area contributed by atoms with Gasteiger partial charge in [0.25, 0.3) is 0 Å². The van der Waals surface area contributed by atoms with E-state index in [4.69, 9.17) is 9.16 Å². The summed E-state index contributed by atoms with van der Waals surface area (Å²) in [6.07, 6.45) is 1.16. The number of fused-ring (bicyclic) bond motifs is 1. The average Bonchev–Trinajstić information content (AvgIpc) is 2.93. The van der Waals surface area contributed by atoms with E-state index in [1.165, 1.54) is 22.4 Å². The number of rotatable bonds is 4. The van der Waals surface area contributed by atoms with Crippen molar-refractivity contribution in [3.05, 3.63) is 59.7 Å². The van der Waals surface area contributed by atoms with Gasteiger partial charge in [0.05, 0.1) is 13.7 Å². The van der Waals surface area contributed by atoms with E-state index in [1.54, 1.807) is 7.11 Å². The number of ether oxygens (including phenoxy) is 1. The average molecular weight is 327 g/mol. The van der Waals surface area contributed by atoms with Gasteiger partial charge in [-0.15, -0.1) is 0 Å². The highest BCUT2D eigenvalue weighted by atomic mass is 28.4. The van der Waals surface area contributed by atoms with Crippen molar-refractivity contribution in [3.8, 4) is 5.75 Å². The smallest absolute Gasteiger partial charge is 0.230 e. The molecular weight excluding hydrogens is 300 g/mol. The van der Waals surface area contributed by atoms with Crippen LogP contribution in [0.2, 0.25) is 11.1 Å². The highest BCUT2D eigenvalue weighted by molar-refractivity contribution is 6.90. The fraction of sp³-hybridized carbons (Fsp3) is 0.400. The Morgan fingerprint density at radius 2 is 1.70 bits per heavy atom. The molecule has 0 aliphatic carbocycles. The van der Waals surface area contributed by atoms with Crippen molar-refractivity contribution in [2.75, 3.05) is 7.11 Å². The third kappa shape index (κ3) is 2.95. The number of hydrogen-bond donors (Lipinski definition) is 0. The van der Waals surface area contributed by atoms with E-state index in [0.29, 0.717) is 6.61 Å². The Hall–Kier alpha value is -1.58. The Bertz CT molecular complexity index is 673. The molecular formula is C20H26O2Si. The molecule has 1 aliphatic rings. The SMILES string of the molecule is COc1ccc(CO[Si@]2(C(C)(C)C)CCc3ccccc32)cc1. The fourth-order valence-electron chi connectivity index (χ4n) is 3.65. The second-order valence-electron chi connectivity index (χ2n) is 7.37. The van der Waals surface area contributed by atoms with E-state index in [0.717, 1.165) is 12.2 Å². The molecule has 0 unspecified atom stereocenters. The molecule has 122 valence electrons. The van der Waals surface area contributed by atoms with Crippen molar-refractivity contribution in [1.82, 2.24) is 0 Å². The molecule has 1 aliphatic heterocycles. The third-order valence-electron chi connectivity index (χ3n) is 5.05. The van der Waals surface area contributed by atoms with Crippen LogP contribution in [0.3, 0.4) is 0 Å². The predicted molar refractivity (Wildman–Crippen MR) is 97.8 cm³/mol. The zero-order valence-electron chi connectivity index (χ0n) is 14.6. The Morgan fingerprint density at radius 1 is 1.00 bits per heavy atom. The van der Waals surface area contributed by atoms with Gasteiger partial charge in [-0.05, 0) is 45.9 Å². The summed E-state index contributed by atoms with van der Waals surface area (Å²) in [6, 6.07) is 18.3. The molecule has 0 radical (unpaired) electrons. The third-order valence-corrected chi connectivity index (χ3v) is 10.4. The first kappa shape index (κ1) is 16.3. The molecule has 0 saturated heterocycles. The van der Waals surface area contributed by atoms with Crippen LogP contribution in [0.1, 0.15) is 31.9 Å². The minimum absolute atomic E-state index is 0.187.